The third kappa shape index (κ3) is 16.3. The molecule has 0 aromatic carbocycles. The minimum Gasteiger partial charge on any atom is -0.462 e. The Labute approximate surface area is 247 Å². The van der Waals surface area contributed by atoms with Crippen LogP contribution in [0.4, 0.5) is 0 Å². The molecule has 1 aliphatic heterocycles. The van der Waals surface area contributed by atoms with Crippen LogP contribution < -0.4 is 0 Å². The van der Waals surface area contributed by atoms with Crippen LogP contribution in [0.15, 0.2) is 71.4 Å². The van der Waals surface area contributed by atoms with E-state index in [4.69, 9.17) is 9.47 Å². The lowest BCUT2D eigenvalue weighted by atomic mass is 9.94. The number of esters is 2. The molecule has 0 amide bonds. The van der Waals surface area contributed by atoms with E-state index in [-0.39, 0.29) is 36.4 Å². The van der Waals surface area contributed by atoms with E-state index < -0.39 is 24.3 Å². The van der Waals surface area contributed by atoms with Crippen LogP contribution in [0, 0.1) is 11.8 Å². The normalized spacial score (nSPS) is 25.4. The van der Waals surface area contributed by atoms with Crippen LogP contribution in [0.5, 0.6) is 0 Å². The van der Waals surface area contributed by atoms with Gasteiger partial charge < -0.3 is 24.8 Å². The van der Waals surface area contributed by atoms with E-state index in [1.807, 2.05) is 45.1 Å². The predicted octanol–water partition coefficient (Wildman–Crippen LogP) is 6.07. The lowest BCUT2D eigenvalue weighted by Crippen LogP contribution is -2.27. The minimum absolute atomic E-state index is 0.102. The summed E-state index contributed by atoms with van der Waals surface area (Å²) in [6.45, 7) is 13.4. The lowest BCUT2D eigenvalue weighted by Gasteiger charge is -2.24. The first-order valence-corrected chi connectivity index (χ1v) is 14.8. The molecule has 0 aliphatic carbocycles. The number of ether oxygens (including phenoxy) is 2. The van der Waals surface area contributed by atoms with Gasteiger partial charge in [-0.15, -0.1) is 0 Å². The smallest absolute Gasteiger partial charge is 0.331 e. The molecule has 41 heavy (non-hydrogen) atoms. The standard InChI is InChI=1S/C34H52O7/c1-23(2)31-15-9-8-14-27(6)32(16-11-17-33(38)40-31)41-34(39)19-18-26(5)20-24(3)12-10-13-25(4)21-29(36)30(37)22-28(7)35/h8-10,12-13,18-21,23,27-32,35-37H,11,14-17,22H2,1-7H3/b9-8+,13-10+,19-18+,24-12+,25-21+,26-20+/t27-,28-,29-,30-,31?,32-/m0/s1. The maximum absolute atomic E-state index is 12.6. The van der Waals surface area contributed by atoms with Gasteiger partial charge in [0.15, 0.2) is 0 Å². The zero-order valence-corrected chi connectivity index (χ0v) is 26.0. The second-order valence-corrected chi connectivity index (χ2v) is 11.6. The van der Waals surface area contributed by atoms with E-state index in [0.29, 0.717) is 25.7 Å². The van der Waals surface area contributed by atoms with E-state index in [2.05, 4.69) is 32.9 Å². The number of hydrogen-bond donors (Lipinski definition) is 3. The number of cyclic esters (lactones) is 1. The zero-order chi connectivity index (χ0) is 30.9. The molecule has 0 fully saturated rings. The highest BCUT2D eigenvalue weighted by atomic mass is 16.5. The minimum atomic E-state index is -1.05. The zero-order valence-electron chi connectivity index (χ0n) is 26.0. The van der Waals surface area contributed by atoms with Crippen molar-refractivity contribution in [3.63, 3.8) is 0 Å². The maximum Gasteiger partial charge on any atom is 0.331 e. The molecule has 1 heterocycles. The first-order valence-electron chi connectivity index (χ1n) is 14.8. The molecule has 0 radical (unpaired) electrons. The van der Waals surface area contributed by atoms with Gasteiger partial charge in [-0.25, -0.2) is 4.79 Å². The number of allylic oxidation sites excluding steroid dienone is 9. The summed E-state index contributed by atoms with van der Waals surface area (Å²) in [6, 6.07) is 0. The quantitative estimate of drug-likeness (QED) is 0.119. The molecule has 230 valence electrons. The topological polar surface area (TPSA) is 113 Å². The fraction of sp³-hybridized carbons (Fsp3) is 0.588. The number of hydrogen-bond acceptors (Lipinski definition) is 7. The van der Waals surface area contributed by atoms with Crippen LogP contribution in [0.25, 0.3) is 0 Å². The molecule has 3 N–H and O–H groups in total. The van der Waals surface area contributed by atoms with Gasteiger partial charge in [-0.2, -0.15) is 0 Å². The molecule has 1 rings (SSSR count). The number of aliphatic hydroxyl groups is 3. The Hall–Kier alpha value is -2.74. The summed E-state index contributed by atoms with van der Waals surface area (Å²) in [6.07, 6.45) is 16.3. The Bertz CT molecular complexity index is 997. The highest BCUT2D eigenvalue weighted by molar-refractivity contribution is 5.82. The van der Waals surface area contributed by atoms with Crippen molar-refractivity contribution in [1.29, 1.82) is 0 Å². The molecule has 6 atom stereocenters. The molecule has 0 bridgehead atoms. The largest absolute Gasteiger partial charge is 0.462 e. The molecule has 0 aromatic heterocycles. The Kier molecular flexibility index (Phi) is 17.2. The molecule has 0 spiro atoms. The van der Waals surface area contributed by atoms with Gasteiger partial charge in [0.05, 0.1) is 18.3 Å². The summed E-state index contributed by atoms with van der Waals surface area (Å²) < 4.78 is 11.4. The predicted molar refractivity (Wildman–Crippen MR) is 164 cm³/mol. The second-order valence-electron chi connectivity index (χ2n) is 11.6. The van der Waals surface area contributed by atoms with E-state index in [1.165, 1.54) is 6.08 Å². The van der Waals surface area contributed by atoms with Crippen molar-refractivity contribution in [1.82, 2.24) is 0 Å². The molecule has 0 aromatic rings. The average molecular weight is 573 g/mol. The summed E-state index contributed by atoms with van der Waals surface area (Å²) in [5.74, 6) is -0.228. The number of carbonyl (C=O) groups is 2. The van der Waals surface area contributed by atoms with Gasteiger partial charge in [-0.05, 0) is 58.8 Å². The van der Waals surface area contributed by atoms with Crippen molar-refractivity contribution in [3.05, 3.63) is 71.4 Å². The van der Waals surface area contributed by atoms with E-state index >= 15 is 0 Å². The third-order valence-electron chi connectivity index (χ3n) is 6.91. The molecular formula is C34H52O7. The summed E-state index contributed by atoms with van der Waals surface area (Å²) in [5.41, 5.74) is 2.62. The van der Waals surface area contributed by atoms with Crippen molar-refractivity contribution >= 4 is 11.9 Å². The van der Waals surface area contributed by atoms with Gasteiger partial charge in [0.2, 0.25) is 0 Å². The van der Waals surface area contributed by atoms with Gasteiger partial charge >= 0.3 is 11.9 Å². The molecule has 1 unspecified atom stereocenters. The highest BCUT2D eigenvalue weighted by Crippen LogP contribution is 2.22. The van der Waals surface area contributed by atoms with Crippen molar-refractivity contribution < 1.29 is 34.4 Å². The summed E-state index contributed by atoms with van der Waals surface area (Å²) in [7, 11) is 0. The second kappa shape index (κ2) is 19.4. The van der Waals surface area contributed by atoms with E-state index in [1.54, 1.807) is 19.1 Å². The molecule has 0 saturated carbocycles. The SMILES string of the molecule is CC(=C\C=C\C(C)=C\[C@H](O)[C@@H](O)C[C@H](C)O)/C=C(C)/C=C/C(=O)O[C@H]1CCCC(=O)OC(C(C)C)C/C=C/C[C@@H]1C. The summed E-state index contributed by atoms with van der Waals surface area (Å²) in [4.78, 5) is 24.9. The Morgan fingerprint density at radius 2 is 1.71 bits per heavy atom. The van der Waals surface area contributed by atoms with Crippen molar-refractivity contribution in [3.8, 4) is 0 Å². The fourth-order valence-electron chi connectivity index (χ4n) is 4.40. The maximum atomic E-state index is 12.6. The van der Waals surface area contributed by atoms with Crippen LogP contribution in [-0.4, -0.2) is 57.8 Å². The van der Waals surface area contributed by atoms with Crippen LogP contribution >= 0.6 is 0 Å². The van der Waals surface area contributed by atoms with E-state index in [9.17, 15) is 24.9 Å². The van der Waals surface area contributed by atoms with Crippen LogP contribution in [-0.2, 0) is 19.1 Å². The molecule has 1 aliphatic rings. The van der Waals surface area contributed by atoms with Crippen molar-refractivity contribution in [2.24, 2.45) is 11.8 Å². The third-order valence-corrected chi connectivity index (χ3v) is 6.91. The first-order chi connectivity index (χ1) is 19.3. The highest BCUT2D eigenvalue weighted by Gasteiger charge is 2.23. The van der Waals surface area contributed by atoms with Gasteiger partial charge in [0, 0.05) is 25.3 Å². The Balaban J connectivity index is 2.73. The Morgan fingerprint density at radius 3 is 2.37 bits per heavy atom. The van der Waals surface area contributed by atoms with Gasteiger partial charge in [-0.3, -0.25) is 4.79 Å². The number of carbonyl (C=O) groups excluding carboxylic acids is 2. The fourth-order valence-corrected chi connectivity index (χ4v) is 4.40. The first kappa shape index (κ1) is 36.3. The summed E-state index contributed by atoms with van der Waals surface area (Å²) in [5, 5.41) is 29.3. The van der Waals surface area contributed by atoms with Gasteiger partial charge in [0.1, 0.15) is 12.2 Å². The van der Waals surface area contributed by atoms with Gasteiger partial charge in [-0.1, -0.05) is 86.1 Å². The summed E-state index contributed by atoms with van der Waals surface area (Å²) >= 11 is 0. The van der Waals surface area contributed by atoms with Crippen LogP contribution in [0.1, 0.15) is 87.0 Å². The molecule has 0 saturated heterocycles. The van der Waals surface area contributed by atoms with Gasteiger partial charge in [0.25, 0.3) is 0 Å². The van der Waals surface area contributed by atoms with Crippen LogP contribution in [0.2, 0.25) is 0 Å². The molecule has 7 heteroatoms. The van der Waals surface area contributed by atoms with Crippen molar-refractivity contribution in [2.75, 3.05) is 0 Å². The molecule has 7 nitrogen and oxygen atoms in total. The number of rotatable bonds is 11. The van der Waals surface area contributed by atoms with Crippen molar-refractivity contribution in [2.45, 2.75) is 118 Å². The van der Waals surface area contributed by atoms with Crippen LogP contribution in [0.3, 0.4) is 0 Å². The number of aliphatic hydroxyl groups excluding tert-OH is 3. The van der Waals surface area contributed by atoms with E-state index in [0.717, 1.165) is 23.1 Å². The monoisotopic (exact) mass is 572 g/mol. The molecular weight excluding hydrogens is 520 g/mol. The Morgan fingerprint density at radius 1 is 1.02 bits per heavy atom. The average Bonchev–Trinajstić information content (AvgIpc) is 2.87. The lowest BCUT2D eigenvalue weighted by molar-refractivity contribution is -0.151.